The Kier molecular flexibility index (Phi) is 5.02. The fourth-order valence-corrected chi connectivity index (χ4v) is 4.14. The number of amides is 1. The number of halogens is 1. The molecule has 1 heterocycles. The predicted octanol–water partition coefficient (Wildman–Crippen LogP) is 5.37. The van der Waals surface area contributed by atoms with E-state index in [1.807, 2.05) is 43.3 Å². The van der Waals surface area contributed by atoms with Crippen molar-refractivity contribution >= 4 is 39.3 Å². The maximum atomic E-state index is 13.0. The second-order valence-electron chi connectivity index (χ2n) is 6.65. The van der Waals surface area contributed by atoms with Gasteiger partial charge in [-0.05, 0) is 79.1 Å². The van der Waals surface area contributed by atoms with E-state index in [9.17, 15) is 4.79 Å². The van der Waals surface area contributed by atoms with Crippen molar-refractivity contribution in [1.82, 2.24) is 9.97 Å². The fourth-order valence-electron chi connectivity index (χ4n) is 3.07. The van der Waals surface area contributed by atoms with Gasteiger partial charge in [-0.2, -0.15) is 0 Å². The van der Waals surface area contributed by atoms with Crippen LogP contribution in [0.2, 0.25) is 0 Å². The van der Waals surface area contributed by atoms with Gasteiger partial charge in [0.05, 0.1) is 5.41 Å². The van der Waals surface area contributed by atoms with Crippen LogP contribution in [0.25, 0.3) is 0 Å². The average molecular weight is 440 g/mol. The number of aryl methyl sites for hydroxylation is 1. The van der Waals surface area contributed by atoms with Crippen molar-refractivity contribution in [2.75, 3.05) is 5.32 Å². The number of aromatic nitrogens is 2. The van der Waals surface area contributed by atoms with E-state index in [1.54, 1.807) is 18.5 Å². The summed E-state index contributed by atoms with van der Waals surface area (Å²) in [4.78, 5) is 22.5. The number of anilines is 1. The van der Waals surface area contributed by atoms with Gasteiger partial charge < -0.3 is 5.32 Å². The summed E-state index contributed by atoms with van der Waals surface area (Å²) in [5, 5.41) is 3.84. The molecule has 1 saturated carbocycles. The second-order valence-corrected chi connectivity index (χ2v) is 8.61. The molecule has 4 rings (SSSR count). The number of rotatable bonds is 5. The summed E-state index contributed by atoms with van der Waals surface area (Å²) < 4.78 is 1.02. The third-order valence-electron chi connectivity index (χ3n) is 4.78. The highest BCUT2D eigenvalue weighted by Crippen LogP contribution is 2.49. The molecular formula is C21H18BrN3OS. The lowest BCUT2D eigenvalue weighted by Gasteiger charge is -2.17. The van der Waals surface area contributed by atoms with Crippen LogP contribution >= 0.6 is 27.7 Å². The summed E-state index contributed by atoms with van der Waals surface area (Å²) in [5.41, 5.74) is 2.56. The van der Waals surface area contributed by atoms with Crippen LogP contribution in [-0.2, 0) is 10.2 Å². The van der Waals surface area contributed by atoms with Gasteiger partial charge in [-0.15, -0.1) is 0 Å². The normalized spacial score (nSPS) is 14.6. The van der Waals surface area contributed by atoms with Crippen LogP contribution in [-0.4, -0.2) is 15.9 Å². The van der Waals surface area contributed by atoms with Crippen LogP contribution < -0.4 is 5.32 Å². The monoisotopic (exact) mass is 439 g/mol. The molecule has 27 heavy (non-hydrogen) atoms. The van der Waals surface area contributed by atoms with Gasteiger partial charge in [0.25, 0.3) is 0 Å². The fraction of sp³-hybridized carbons (Fsp3) is 0.190. The Hall–Kier alpha value is -2.18. The highest BCUT2D eigenvalue weighted by Gasteiger charge is 2.51. The highest BCUT2D eigenvalue weighted by atomic mass is 79.9. The summed E-state index contributed by atoms with van der Waals surface area (Å²) in [5.74, 6) is 0.0692. The minimum Gasteiger partial charge on any atom is -0.325 e. The van der Waals surface area contributed by atoms with Crippen molar-refractivity contribution in [3.8, 4) is 0 Å². The maximum absolute atomic E-state index is 13.0. The molecule has 1 fully saturated rings. The van der Waals surface area contributed by atoms with Gasteiger partial charge in [0.15, 0.2) is 5.16 Å². The molecule has 2 aromatic carbocycles. The third-order valence-corrected chi connectivity index (χ3v) is 6.19. The van der Waals surface area contributed by atoms with Gasteiger partial charge in [-0.3, -0.25) is 4.79 Å². The Morgan fingerprint density at radius 2 is 1.81 bits per heavy atom. The summed E-state index contributed by atoms with van der Waals surface area (Å²) >= 11 is 4.96. The molecule has 0 atom stereocenters. The standard InChI is InChI=1S/C21H18BrN3OS/c1-14-13-17(27-20-23-11-2-12-24-20)7-8-18(14)25-19(26)21(9-10-21)15-3-5-16(22)6-4-15/h2-8,11-13H,9-10H2,1H3,(H,25,26). The van der Waals surface area contributed by atoms with E-state index in [0.29, 0.717) is 5.16 Å². The van der Waals surface area contributed by atoms with E-state index in [0.717, 1.165) is 39.0 Å². The molecule has 6 heteroatoms. The first-order valence-electron chi connectivity index (χ1n) is 8.70. The van der Waals surface area contributed by atoms with E-state index >= 15 is 0 Å². The molecule has 1 amide bonds. The van der Waals surface area contributed by atoms with E-state index in [2.05, 4.69) is 37.3 Å². The summed E-state index contributed by atoms with van der Waals surface area (Å²) in [7, 11) is 0. The Morgan fingerprint density at radius 3 is 2.44 bits per heavy atom. The lowest BCUT2D eigenvalue weighted by atomic mass is 9.95. The molecule has 1 aliphatic carbocycles. The van der Waals surface area contributed by atoms with Crippen LogP contribution in [0.15, 0.2) is 75.4 Å². The summed E-state index contributed by atoms with van der Waals surface area (Å²) in [6.07, 6.45) is 5.24. The molecule has 1 N–H and O–H groups in total. The Balaban J connectivity index is 1.49. The number of carbonyl (C=O) groups excluding carboxylic acids is 1. The molecule has 1 aliphatic rings. The van der Waals surface area contributed by atoms with E-state index in [1.165, 1.54) is 11.8 Å². The zero-order valence-electron chi connectivity index (χ0n) is 14.8. The lowest BCUT2D eigenvalue weighted by molar-refractivity contribution is -0.118. The molecule has 1 aromatic heterocycles. The van der Waals surface area contributed by atoms with Crippen LogP contribution in [0, 0.1) is 6.92 Å². The second kappa shape index (κ2) is 7.44. The van der Waals surface area contributed by atoms with Crippen molar-refractivity contribution in [2.24, 2.45) is 0 Å². The molecule has 0 saturated heterocycles. The minimum absolute atomic E-state index is 0.0692. The topological polar surface area (TPSA) is 54.9 Å². The first kappa shape index (κ1) is 18.2. The zero-order valence-corrected chi connectivity index (χ0v) is 17.2. The van der Waals surface area contributed by atoms with Gasteiger partial charge in [-0.1, -0.05) is 28.1 Å². The lowest BCUT2D eigenvalue weighted by Crippen LogP contribution is -2.28. The largest absolute Gasteiger partial charge is 0.325 e. The van der Waals surface area contributed by atoms with Crippen molar-refractivity contribution < 1.29 is 4.79 Å². The van der Waals surface area contributed by atoms with Gasteiger partial charge in [-0.25, -0.2) is 9.97 Å². The molecule has 0 unspecified atom stereocenters. The van der Waals surface area contributed by atoms with Crippen molar-refractivity contribution in [3.63, 3.8) is 0 Å². The van der Waals surface area contributed by atoms with Crippen LogP contribution in [0.5, 0.6) is 0 Å². The smallest absolute Gasteiger partial charge is 0.235 e. The number of hydrogen-bond acceptors (Lipinski definition) is 4. The number of nitrogens with one attached hydrogen (secondary N) is 1. The van der Waals surface area contributed by atoms with Crippen molar-refractivity contribution in [3.05, 3.63) is 76.5 Å². The zero-order chi connectivity index (χ0) is 18.9. The third kappa shape index (κ3) is 3.92. The number of carbonyl (C=O) groups is 1. The number of hydrogen-bond donors (Lipinski definition) is 1. The SMILES string of the molecule is Cc1cc(Sc2ncccn2)ccc1NC(=O)C1(c2ccc(Br)cc2)CC1. The molecule has 4 nitrogen and oxygen atoms in total. The maximum Gasteiger partial charge on any atom is 0.235 e. The van der Waals surface area contributed by atoms with Crippen LogP contribution in [0.4, 0.5) is 5.69 Å². The first-order valence-corrected chi connectivity index (χ1v) is 10.3. The number of nitrogens with zero attached hydrogens (tertiary/aromatic N) is 2. The van der Waals surface area contributed by atoms with Crippen LogP contribution in [0.1, 0.15) is 24.0 Å². The first-order chi connectivity index (χ1) is 13.1. The van der Waals surface area contributed by atoms with Gasteiger partial charge in [0.2, 0.25) is 5.91 Å². The van der Waals surface area contributed by atoms with Gasteiger partial charge in [0.1, 0.15) is 0 Å². The van der Waals surface area contributed by atoms with Crippen molar-refractivity contribution in [1.29, 1.82) is 0 Å². The molecule has 0 radical (unpaired) electrons. The molecule has 136 valence electrons. The molecule has 0 aliphatic heterocycles. The highest BCUT2D eigenvalue weighted by molar-refractivity contribution is 9.10. The Morgan fingerprint density at radius 1 is 1.11 bits per heavy atom. The van der Waals surface area contributed by atoms with E-state index in [-0.39, 0.29) is 5.91 Å². The minimum atomic E-state index is -0.390. The predicted molar refractivity (Wildman–Crippen MR) is 111 cm³/mol. The average Bonchev–Trinajstić information content (AvgIpc) is 3.47. The summed E-state index contributed by atoms with van der Waals surface area (Å²) in [6.45, 7) is 2.00. The van der Waals surface area contributed by atoms with E-state index in [4.69, 9.17) is 0 Å². The Bertz CT molecular complexity index is 972. The molecule has 0 spiro atoms. The Labute approximate surface area is 171 Å². The quantitative estimate of drug-likeness (QED) is 0.542. The molecular weight excluding hydrogens is 422 g/mol. The number of benzene rings is 2. The van der Waals surface area contributed by atoms with E-state index < -0.39 is 5.41 Å². The van der Waals surface area contributed by atoms with Gasteiger partial charge >= 0.3 is 0 Å². The molecule has 3 aromatic rings. The summed E-state index contributed by atoms with van der Waals surface area (Å²) in [6, 6.07) is 15.8. The molecule has 0 bridgehead atoms. The van der Waals surface area contributed by atoms with Gasteiger partial charge in [0, 0.05) is 27.4 Å². The van der Waals surface area contributed by atoms with Crippen molar-refractivity contribution in [2.45, 2.75) is 35.2 Å². The van der Waals surface area contributed by atoms with Crippen LogP contribution in [0.3, 0.4) is 0 Å².